The molecule has 1 N–H and O–H groups in total. The van der Waals surface area contributed by atoms with E-state index in [1.807, 2.05) is 0 Å². The number of rotatable bonds is 5. The average molecular weight is 270 g/mol. The van der Waals surface area contributed by atoms with E-state index in [1.165, 1.54) is 43.1 Å². The van der Waals surface area contributed by atoms with Crippen LogP contribution in [-0.4, -0.2) is 55.2 Å². The van der Waals surface area contributed by atoms with E-state index in [1.54, 1.807) is 0 Å². The zero-order valence-corrected chi connectivity index (χ0v) is 12.5. The minimum absolute atomic E-state index is 0.378. The normalized spacial score (nSPS) is 27.4. The van der Waals surface area contributed by atoms with Gasteiger partial charge < -0.3 is 10.1 Å². The number of hydrogen-bond donors (Lipinski definition) is 1. The van der Waals surface area contributed by atoms with Crippen LogP contribution >= 0.6 is 11.8 Å². The van der Waals surface area contributed by atoms with E-state index in [-0.39, 0.29) is 0 Å². The third kappa shape index (κ3) is 3.65. The van der Waals surface area contributed by atoms with Crippen molar-refractivity contribution in [2.45, 2.75) is 38.3 Å². The topological polar surface area (TPSA) is 24.5 Å². The summed E-state index contributed by atoms with van der Waals surface area (Å²) < 4.78 is 5.90. The second-order valence-electron chi connectivity index (χ2n) is 5.15. The molecular formula is C14H26N2OS. The first-order valence-corrected chi connectivity index (χ1v) is 8.32. The number of nitrogens with one attached hydrogen (secondary N) is 1. The molecule has 1 fully saturated rings. The molecule has 0 amide bonds. The molecule has 0 aliphatic carbocycles. The van der Waals surface area contributed by atoms with Crippen LogP contribution in [-0.2, 0) is 4.74 Å². The molecule has 2 unspecified atom stereocenters. The highest BCUT2D eigenvalue weighted by Crippen LogP contribution is 2.24. The van der Waals surface area contributed by atoms with Gasteiger partial charge in [-0.25, -0.2) is 0 Å². The van der Waals surface area contributed by atoms with Gasteiger partial charge in [0.05, 0.1) is 12.6 Å². The summed E-state index contributed by atoms with van der Waals surface area (Å²) in [4.78, 5) is 2.49. The van der Waals surface area contributed by atoms with Crippen LogP contribution in [0, 0.1) is 0 Å². The zero-order chi connectivity index (χ0) is 12.8. The maximum Gasteiger partial charge on any atom is 0.111 e. The molecule has 0 radical (unpaired) electrons. The first-order valence-electron chi connectivity index (χ1n) is 7.17. The Morgan fingerprint density at radius 2 is 2.50 bits per heavy atom. The number of thioether (sulfide) groups is 1. The van der Waals surface area contributed by atoms with E-state index in [2.05, 4.69) is 42.0 Å². The number of ether oxygens (including phenoxy) is 1. The molecule has 0 spiro atoms. The van der Waals surface area contributed by atoms with Crippen molar-refractivity contribution in [3.8, 4) is 0 Å². The average Bonchev–Trinajstić information content (AvgIpc) is 2.42. The van der Waals surface area contributed by atoms with Gasteiger partial charge in [-0.3, -0.25) is 4.90 Å². The largest absolute Gasteiger partial charge is 0.497 e. The lowest BCUT2D eigenvalue weighted by molar-refractivity contribution is 0.131. The highest BCUT2D eigenvalue weighted by Gasteiger charge is 2.31. The van der Waals surface area contributed by atoms with E-state index >= 15 is 0 Å². The number of nitrogens with zero attached hydrogens (tertiary/aromatic N) is 1. The van der Waals surface area contributed by atoms with E-state index in [0.717, 1.165) is 13.2 Å². The Hall–Kier alpha value is -0.190. The van der Waals surface area contributed by atoms with Crippen LogP contribution in [0.25, 0.3) is 0 Å². The second kappa shape index (κ2) is 7.41. The Morgan fingerprint density at radius 1 is 1.61 bits per heavy atom. The molecule has 2 rings (SSSR count). The minimum Gasteiger partial charge on any atom is -0.497 e. The van der Waals surface area contributed by atoms with Gasteiger partial charge in [0.1, 0.15) is 5.76 Å². The summed E-state index contributed by atoms with van der Waals surface area (Å²) in [5.74, 6) is 3.65. The van der Waals surface area contributed by atoms with Crippen LogP contribution in [0.3, 0.4) is 0 Å². The first-order chi connectivity index (χ1) is 8.83. The van der Waals surface area contributed by atoms with E-state index in [4.69, 9.17) is 4.74 Å². The molecule has 2 aliphatic rings. The fraction of sp³-hybridized carbons (Fsp3) is 0.857. The molecule has 0 aromatic carbocycles. The van der Waals surface area contributed by atoms with Crippen molar-refractivity contribution < 1.29 is 4.74 Å². The number of likely N-dealkylation sites (N-methyl/N-ethyl adjacent to an activating group) is 1. The molecule has 0 aromatic rings. The molecular weight excluding hydrogens is 244 g/mol. The number of hydrogen-bond acceptors (Lipinski definition) is 4. The summed E-state index contributed by atoms with van der Waals surface area (Å²) >= 11 is 2.07. The molecule has 0 saturated carbocycles. The summed E-state index contributed by atoms with van der Waals surface area (Å²) in [6, 6.07) is 0.947. The molecule has 2 aliphatic heterocycles. The molecule has 18 heavy (non-hydrogen) atoms. The molecule has 104 valence electrons. The van der Waals surface area contributed by atoms with Crippen LogP contribution in [0.4, 0.5) is 0 Å². The predicted octanol–water partition coefficient (Wildman–Crippen LogP) is 2.10. The smallest absolute Gasteiger partial charge is 0.111 e. The van der Waals surface area contributed by atoms with Crippen molar-refractivity contribution in [1.82, 2.24) is 10.2 Å². The monoisotopic (exact) mass is 270 g/mol. The molecule has 2 atom stereocenters. The van der Waals surface area contributed by atoms with Crippen molar-refractivity contribution in [1.29, 1.82) is 0 Å². The molecule has 0 bridgehead atoms. The van der Waals surface area contributed by atoms with Gasteiger partial charge in [0.15, 0.2) is 0 Å². The van der Waals surface area contributed by atoms with Crippen molar-refractivity contribution >= 4 is 11.8 Å². The molecule has 2 heterocycles. The molecule has 4 heteroatoms. The Kier molecular flexibility index (Phi) is 5.86. The third-order valence-electron chi connectivity index (χ3n) is 3.71. The van der Waals surface area contributed by atoms with Crippen LogP contribution in [0.2, 0.25) is 0 Å². The van der Waals surface area contributed by atoms with E-state index in [9.17, 15) is 0 Å². The number of allylic oxidation sites excluding steroid dienone is 1. The summed E-state index contributed by atoms with van der Waals surface area (Å²) in [5.41, 5.74) is 0. The summed E-state index contributed by atoms with van der Waals surface area (Å²) in [5, 5.41) is 3.69. The van der Waals surface area contributed by atoms with E-state index < -0.39 is 0 Å². The lowest BCUT2D eigenvalue weighted by atomic mass is 10.0. The fourth-order valence-electron chi connectivity index (χ4n) is 2.58. The second-order valence-corrected chi connectivity index (χ2v) is 6.30. The molecule has 0 aromatic heterocycles. The van der Waals surface area contributed by atoms with Gasteiger partial charge in [-0.2, -0.15) is 11.8 Å². The van der Waals surface area contributed by atoms with Crippen LogP contribution in [0.1, 0.15) is 26.2 Å². The minimum atomic E-state index is 0.378. The Balaban J connectivity index is 2.05. The van der Waals surface area contributed by atoms with Gasteiger partial charge in [-0.05, 0) is 38.9 Å². The van der Waals surface area contributed by atoms with Crippen LogP contribution in [0.5, 0.6) is 0 Å². The summed E-state index contributed by atoms with van der Waals surface area (Å²) in [6.45, 7) is 5.37. The van der Waals surface area contributed by atoms with Crippen molar-refractivity contribution in [2.75, 3.05) is 38.2 Å². The fourth-order valence-corrected chi connectivity index (χ4v) is 3.85. The van der Waals surface area contributed by atoms with Crippen LogP contribution < -0.4 is 5.32 Å². The SMILES string of the molecule is CCCNC(C1=CCCCO1)C1CSCCN1C. The first kappa shape index (κ1) is 14.2. The highest BCUT2D eigenvalue weighted by atomic mass is 32.2. The maximum absolute atomic E-state index is 5.90. The van der Waals surface area contributed by atoms with Gasteiger partial charge in [-0.15, -0.1) is 0 Å². The van der Waals surface area contributed by atoms with Gasteiger partial charge in [-0.1, -0.05) is 6.92 Å². The maximum atomic E-state index is 5.90. The lowest BCUT2D eigenvalue weighted by Gasteiger charge is -2.39. The zero-order valence-electron chi connectivity index (χ0n) is 11.7. The molecule has 1 saturated heterocycles. The van der Waals surface area contributed by atoms with Gasteiger partial charge in [0.2, 0.25) is 0 Å². The third-order valence-corrected chi connectivity index (χ3v) is 4.76. The van der Waals surface area contributed by atoms with Crippen molar-refractivity contribution in [2.24, 2.45) is 0 Å². The lowest BCUT2D eigenvalue weighted by Crippen LogP contribution is -2.54. The van der Waals surface area contributed by atoms with Gasteiger partial charge in [0, 0.05) is 24.1 Å². The highest BCUT2D eigenvalue weighted by molar-refractivity contribution is 7.99. The Labute approximate surface area is 115 Å². The van der Waals surface area contributed by atoms with E-state index in [0.29, 0.717) is 12.1 Å². The summed E-state index contributed by atoms with van der Waals surface area (Å²) in [7, 11) is 2.24. The van der Waals surface area contributed by atoms with Crippen LogP contribution in [0.15, 0.2) is 11.8 Å². The Morgan fingerprint density at radius 3 is 3.17 bits per heavy atom. The van der Waals surface area contributed by atoms with Crippen molar-refractivity contribution in [3.63, 3.8) is 0 Å². The summed E-state index contributed by atoms with van der Waals surface area (Å²) in [6.07, 6.45) is 5.81. The van der Waals surface area contributed by atoms with Gasteiger partial charge >= 0.3 is 0 Å². The predicted molar refractivity (Wildman–Crippen MR) is 79.1 cm³/mol. The quantitative estimate of drug-likeness (QED) is 0.827. The molecule has 3 nitrogen and oxygen atoms in total. The Bertz CT molecular complexity index is 283. The van der Waals surface area contributed by atoms with Crippen molar-refractivity contribution in [3.05, 3.63) is 11.8 Å². The standard InChI is InChI=1S/C14H26N2OS/c1-3-7-15-14(13-6-4-5-9-17-13)12-11-18-10-8-16(12)2/h6,12,14-15H,3-5,7-11H2,1-2H3. The van der Waals surface area contributed by atoms with Gasteiger partial charge in [0.25, 0.3) is 0 Å².